The second-order valence-electron chi connectivity index (χ2n) is 3.87. The lowest BCUT2D eigenvalue weighted by Gasteiger charge is -2.09. The lowest BCUT2D eigenvalue weighted by molar-refractivity contribution is 0.423. The zero-order chi connectivity index (χ0) is 13.3. The SMILES string of the molecule is Cc1nn(C)c(Oc2ccc(Br)cc2Br)c1CN. The molecule has 2 aromatic rings. The number of halogens is 2. The largest absolute Gasteiger partial charge is 0.438 e. The summed E-state index contributed by atoms with van der Waals surface area (Å²) in [4.78, 5) is 0. The third-order valence-corrected chi connectivity index (χ3v) is 3.71. The normalized spacial score (nSPS) is 10.7. The quantitative estimate of drug-likeness (QED) is 0.894. The van der Waals surface area contributed by atoms with Crippen molar-refractivity contribution in [2.75, 3.05) is 0 Å². The molecule has 0 bridgehead atoms. The Hall–Kier alpha value is -0.850. The Balaban J connectivity index is 2.39. The number of aryl methyl sites for hydroxylation is 2. The van der Waals surface area contributed by atoms with Crippen LogP contribution in [-0.2, 0) is 13.6 Å². The summed E-state index contributed by atoms with van der Waals surface area (Å²) in [7, 11) is 1.84. The van der Waals surface area contributed by atoms with Gasteiger partial charge in [-0.05, 0) is 41.1 Å². The van der Waals surface area contributed by atoms with Crippen molar-refractivity contribution in [3.63, 3.8) is 0 Å². The summed E-state index contributed by atoms with van der Waals surface area (Å²) >= 11 is 6.87. The van der Waals surface area contributed by atoms with E-state index in [0.717, 1.165) is 26.0 Å². The van der Waals surface area contributed by atoms with Gasteiger partial charge < -0.3 is 10.5 Å². The predicted molar refractivity (Wildman–Crippen MR) is 77.8 cm³/mol. The summed E-state index contributed by atoms with van der Waals surface area (Å²) in [5.74, 6) is 1.41. The van der Waals surface area contributed by atoms with Crippen LogP contribution in [0, 0.1) is 6.92 Å². The van der Waals surface area contributed by atoms with E-state index in [0.29, 0.717) is 12.4 Å². The molecule has 0 aliphatic carbocycles. The Labute approximate surface area is 122 Å². The number of benzene rings is 1. The highest BCUT2D eigenvalue weighted by Gasteiger charge is 2.15. The molecule has 0 fully saturated rings. The first kappa shape index (κ1) is 13.6. The van der Waals surface area contributed by atoms with Gasteiger partial charge in [0.1, 0.15) is 5.75 Å². The van der Waals surface area contributed by atoms with E-state index in [-0.39, 0.29) is 0 Å². The summed E-state index contributed by atoms with van der Waals surface area (Å²) in [6, 6.07) is 5.74. The molecule has 1 aromatic heterocycles. The van der Waals surface area contributed by atoms with Gasteiger partial charge in [-0.15, -0.1) is 0 Å². The van der Waals surface area contributed by atoms with Crippen LogP contribution in [-0.4, -0.2) is 9.78 Å². The van der Waals surface area contributed by atoms with E-state index in [9.17, 15) is 0 Å². The Morgan fingerprint density at radius 3 is 2.72 bits per heavy atom. The zero-order valence-corrected chi connectivity index (χ0v) is 13.2. The molecule has 0 amide bonds. The van der Waals surface area contributed by atoms with Crippen molar-refractivity contribution in [3.05, 3.63) is 38.4 Å². The summed E-state index contributed by atoms with van der Waals surface area (Å²) in [6.45, 7) is 2.33. The second-order valence-corrected chi connectivity index (χ2v) is 5.64. The van der Waals surface area contributed by atoms with Crippen molar-refractivity contribution in [2.45, 2.75) is 13.5 Å². The molecule has 0 atom stereocenters. The van der Waals surface area contributed by atoms with E-state index in [1.54, 1.807) is 4.68 Å². The van der Waals surface area contributed by atoms with Gasteiger partial charge in [0, 0.05) is 18.1 Å². The molecule has 1 aromatic carbocycles. The van der Waals surface area contributed by atoms with E-state index >= 15 is 0 Å². The van der Waals surface area contributed by atoms with Gasteiger partial charge in [0.05, 0.1) is 15.7 Å². The van der Waals surface area contributed by atoms with Crippen LogP contribution in [0.3, 0.4) is 0 Å². The van der Waals surface area contributed by atoms with Gasteiger partial charge >= 0.3 is 0 Å². The molecule has 96 valence electrons. The van der Waals surface area contributed by atoms with Crippen LogP contribution in [0.2, 0.25) is 0 Å². The highest BCUT2D eigenvalue weighted by Crippen LogP contribution is 2.33. The number of hydrogen-bond acceptors (Lipinski definition) is 3. The number of ether oxygens (including phenoxy) is 1. The minimum Gasteiger partial charge on any atom is -0.438 e. The van der Waals surface area contributed by atoms with Gasteiger partial charge in [0.25, 0.3) is 0 Å². The first-order valence-electron chi connectivity index (χ1n) is 5.38. The maximum atomic E-state index is 5.89. The monoisotopic (exact) mass is 373 g/mol. The van der Waals surface area contributed by atoms with Crippen molar-refractivity contribution >= 4 is 31.9 Å². The maximum absolute atomic E-state index is 5.89. The summed E-state index contributed by atoms with van der Waals surface area (Å²) in [6.07, 6.45) is 0. The van der Waals surface area contributed by atoms with Gasteiger partial charge in [-0.2, -0.15) is 5.10 Å². The Morgan fingerprint density at radius 2 is 2.11 bits per heavy atom. The Bertz CT molecular complexity index is 581. The molecule has 1 heterocycles. The molecule has 2 N–H and O–H groups in total. The third kappa shape index (κ3) is 2.60. The second kappa shape index (κ2) is 5.42. The summed E-state index contributed by atoms with van der Waals surface area (Å²) < 4.78 is 9.45. The van der Waals surface area contributed by atoms with Crippen LogP contribution in [0.15, 0.2) is 27.1 Å². The molecule has 2 rings (SSSR count). The standard InChI is InChI=1S/C12H13Br2N3O/c1-7-9(6-15)12(17(2)16-7)18-11-4-3-8(13)5-10(11)14/h3-5H,6,15H2,1-2H3. The number of nitrogens with zero attached hydrogens (tertiary/aromatic N) is 2. The van der Waals surface area contributed by atoms with Crippen molar-refractivity contribution < 1.29 is 4.74 Å². The minimum absolute atomic E-state index is 0.406. The average molecular weight is 375 g/mol. The fourth-order valence-electron chi connectivity index (χ4n) is 1.71. The van der Waals surface area contributed by atoms with Crippen LogP contribution in [0.4, 0.5) is 0 Å². The lowest BCUT2D eigenvalue weighted by atomic mass is 10.2. The average Bonchev–Trinajstić information content (AvgIpc) is 2.57. The van der Waals surface area contributed by atoms with Crippen LogP contribution >= 0.6 is 31.9 Å². The number of nitrogens with two attached hydrogens (primary N) is 1. The first-order valence-corrected chi connectivity index (χ1v) is 6.97. The van der Waals surface area contributed by atoms with Crippen LogP contribution in [0.25, 0.3) is 0 Å². The van der Waals surface area contributed by atoms with E-state index in [1.807, 2.05) is 32.2 Å². The number of hydrogen-bond donors (Lipinski definition) is 1. The lowest BCUT2D eigenvalue weighted by Crippen LogP contribution is -2.01. The summed E-state index contributed by atoms with van der Waals surface area (Å²) in [5.41, 5.74) is 7.54. The maximum Gasteiger partial charge on any atom is 0.222 e. The van der Waals surface area contributed by atoms with E-state index < -0.39 is 0 Å². The molecular weight excluding hydrogens is 362 g/mol. The fraction of sp³-hybridized carbons (Fsp3) is 0.250. The van der Waals surface area contributed by atoms with Crippen molar-refractivity contribution in [1.82, 2.24) is 9.78 Å². The number of rotatable bonds is 3. The zero-order valence-electron chi connectivity index (χ0n) is 10.1. The smallest absolute Gasteiger partial charge is 0.222 e. The third-order valence-electron chi connectivity index (χ3n) is 2.59. The molecule has 0 aliphatic rings. The summed E-state index contributed by atoms with van der Waals surface area (Å²) in [5, 5.41) is 4.31. The van der Waals surface area contributed by atoms with Crippen LogP contribution in [0.5, 0.6) is 11.6 Å². The highest BCUT2D eigenvalue weighted by atomic mass is 79.9. The molecule has 6 heteroatoms. The molecule has 0 spiro atoms. The molecule has 0 saturated carbocycles. The topological polar surface area (TPSA) is 53.1 Å². The van der Waals surface area contributed by atoms with Crippen molar-refractivity contribution in [1.29, 1.82) is 0 Å². The van der Waals surface area contributed by atoms with E-state index in [2.05, 4.69) is 37.0 Å². The van der Waals surface area contributed by atoms with Gasteiger partial charge in [-0.3, -0.25) is 0 Å². The van der Waals surface area contributed by atoms with Crippen LogP contribution in [0.1, 0.15) is 11.3 Å². The molecular formula is C12H13Br2N3O. The Morgan fingerprint density at radius 1 is 1.39 bits per heavy atom. The van der Waals surface area contributed by atoms with Crippen molar-refractivity contribution in [2.24, 2.45) is 12.8 Å². The van der Waals surface area contributed by atoms with Crippen LogP contribution < -0.4 is 10.5 Å². The minimum atomic E-state index is 0.406. The van der Waals surface area contributed by atoms with Gasteiger partial charge in [0.2, 0.25) is 5.88 Å². The van der Waals surface area contributed by atoms with Crippen molar-refractivity contribution in [3.8, 4) is 11.6 Å². The Kier molecular flexibility index (Phi) is 4.09. The molecule has 18 heavy (non-hydrogen) atoms. The predicted octanol–water partition coefficient (Wildman–Crippen LogP) is 3.50. The molecule has 4 nitrogen and oxygen atoms in total. The van der Waals surface area contributed by atoms with Gasteiger partial charge in [-0.25, -0.2) is 4.68 Å². The molecule has 0 saturated heterocycles. The first-order chi connectivity index (χ1) is 8.52. The van der Waals surface area contributed by atoms with Gasteiger partial charge in [0.15, 0.2) is 0 Å². The molecule has 0 unspecified atom stereocenters. The van der Waals surface area contributed by atoms with Gasteiger partial charge in [-0.1, -0.05) is 15.9 Å². The highest BCUT2D eigenvalue weighted by molar-refractivity contribution is 9.11. The van der Waals surface area contributed by atoms with E-state index in [1.165, 1.54) is 0 Å². The number of aromatic nitrogens is 2. The fourth-order valence-corrected chi connectivity index (χ4v) is 2.83. The van der Waals surface area contributed by atoms with E-state index in [4.69, 9.17) is 10.5 Å². The molecule has 0 radical (unpaired) electrons. The molecule has 0 aliphatic heterocycles.